The summed E-state index contributed by atoms with van der Waals surface area (Å²) >= 11 is 14.9. The Balaban J connectivity index is 2.92. The fourth-order valence-electron chi connectivity index (χ4n) is 1.15. The van der Waals surface area contributed by atoms with Crippen molar-refractivity contribution in [1.82, 2.24) is 0 Å². The van der Waals surface area contributed by atoms with Crippen molar-refractivity contribution in [3.05, 3.63) is 29.8 Å². The molecule has 20 heavy (non-hydrogen) atoms. The van der Waals surface area contributed by atoms with Crippen LogP contribution in [0.15, 0.2) is 24.3 Å². The number of para-hydroxylation sites is 1. The van der Waals surface area contributed by atoms with E-state index in [0.29, 0.717) is 11.3 Å². The smallest absolute Gasteiger partial charge is 0.202 e. The van der Waals surface area contributed by atoms with E-state index in [1.165, 1.54) is 13.8 Å². The van der Waals surface area contributed by atoms with Crippen LogP contribution in [0.4, 0.5) is 0 Å². The van der Waals surface area contributed by atoms with Crippen LogP contribution in [0.2, 0.25) is 0 Å². The normalized spacial score (nSPS) is 13.2. The lowest BCUT2D eigenvalue weighted by atomic mass is 10.2. The Morgan fingerprint density at radius 2 is 1.55 bits per heavy atom. The number of ether oxygens (including phenoxy) is 2. The fourth-order valence-corrected chi connectivity index (χ4v) is 1.63. The van der Waals surface area contributed by atoms with Crippen molar-refractivity contribution >= 4 is 51.8 Å². The van der Waals surface area contributed by atoms with E-state index >= 15 is 0 Å². The maximum atomic E-state index is 9.35. The minimum atomic E-state index is -0.908. The molecule has 2 N–H and O–H groups in total. The molecule has 1 aromatic carbocycles. The Hall–Kier alpha value is -0.990. The molecule has 108 valence electrons. The van der Waals surface area contributed by atoms with Crippen molar-refractivity contribution in [3.8, 4) is 5.75 Å². The zero-order valence-corrected chi connectivity index (χ0v) is 13.3. The predicted molar refractivity (Wildman–Crippen MR) is 88.4 cm³/mol. The topological polar surface area (TPSA) is 58.9 Å². The molecular weight excluding hydrogens is 316 g/mol. The molecule has 0 saturated heterocycles. The third kappa shape index (κ3) is 4.84. The molecule has 4 nitrogen and oxygen atoms in total. The highest BCUT2D eigenvalue weighted by Crippen LogP contribution is 2.21. The Labute approximate surface area is 133 Å². The summed E-state index contributed by atoms with van der Waals surface area (Å²) in [5, 5.41) is 18.7. The zero-order chi connectivity index (χ0) is 15.3. The van der Waals surface area contributed by atoms with Crippen LogP contribution in [-0.2, 0) is 4.74 Å². The Morgan fingerprint density at radius 1 is 1.00 bits per heavy atom. The van der Waals surface area contributed by atoms with Gasteiger partial charge in [-0.25, -0.2) is 0 Å². The van der Waals surface area contributed by atoms with E-state index in [1.54, 1.807) is 24.3 Å². The second-order valence-electron chi connectivity index (χ2n) is 3.98. The van der Waals surface area contributed by atoms with Gasteiger partial charge in [0.05, 0.1) is 5.56 Å². The number of hydrogen-bond donors (Lipinski definition) is 2. The quantitative estimate of drug-likeness (QED) is 0.821. The number of thiocarbonyl (C=S) groups is 3. The van der Waals surface area contributed by atoms with Crippen LogP contribution in [0.3, 0.4) is 0 Å². The molecule has 0 amide bonds. The van der Waals surface area contributed by atoms with Gasteiger partial charge in [0.2, 0.25) is 5.05 Å². The van der Waals surface area contributed by atoms with Crippen molar-refractivity contribution in [3.63, 3.8) is 0 Å². The second kappa shape index (κ2) is 7.70. The van der Waals surface area contributed by atoms with Crippen molar-refractivity contribution in [2.24, 2.45) is 0 Å². The van der Waals surface area contributed by atoms with Crippen LogP contribution >= 0.6 is 36.7 Å². The summed E-state index contributed by atoms with van der Waals surface area (Å²) in [5.74, 6) is 0.358. The first kappa shape index (κ1) is 17.1. The molecule has 0 heterocycles. The van der Waals surface area contributed by atoms with E-state index in [4.69, 9.17) is 46.1 Å². The molecule has 0 saturated carbocycles. The van der Waals surface area contributed by atoms with Crippen molar-refractivity contribution in [1.29, 1.82) is 0 Å². The van der Waals surface area contributed by atoms with Crippen molar-refractivity contribution in [2.75, 3.05) is 0 Å². The minimum absolute atomic E-state index is 0.0251. The maximum Gasteiger partial charge on any atom is 0.202 e. The van der Waals surface area contributed by atoms with Gasteiger partial charge < -0.3 is 19.7 Å². The molecule has 0 spiro atoms. The first-order valence-electron chi connectivity index (χ1n) is 5.75. The number of benzene rings is 1. The summed E-state index contributed by atoms with van der Waals surface area (Å²) in [6, 6.07) is 6.80. The number of rotatable bonds is 4. The molecule has 7 heteroatoms. The molecular formula is C13H14O4S3. The van der Waals surface area contributed by atoms with E-state index in [-0.39, 0.29) is 15.2 Å². The van der Waals surface area contributed by atoms with E-state index in [9.17, 15) is 10.2 Å². The van der Waals surface area contributed by atoms with Crippen LogP contribution < -0.4 is 4.74 Å². The fraction of sp³-hybridized carbons (Fsp3) is 0.308. The lowest BCUT2D eigenvalue weighted by Crippen LogP contribution is -2.23. The summed E-state index contributed by atoms with van der Waals surface area (Å²) in [7, 11) is 0. The van der Waals surface area contributed by atoms with Gasteiger partial charge in [0.1, 0.15) is 18.0 Å². The lowest BCUT2D eigenvalue weighted by Gasteiger charge is -2.15. The average Bonchev–Trinajstić information content (AvgIpc) is 2.38. The van der Waals surface area contributed by atoms with Gasteiger partial charge in [0, 0.05) is 0 Å². The third-order valence-corrected chi connectivity index (χ3v) is 3.35. The summed E-state index contributed by atoms with van der Waals surface area (Å²) in [4.78, 5) is 0. The van der Waals surface area contributed by atoms with Gasteiger partial charge in [-0.05, 0) is 62.6 Å². The van der Waals surface area contributed by atoms with Gasteiger partial charge in [-0.1, -0.05) is 12.1 Å². The van der Waals surface area contributed by atoms with Gasteiger partial charge in [-0.15, -0.1) is 0 Å². The first-order chi connectivity index (χ1) is 9.32. The Morgan fingerprint density at radius 3 is 2.10 bits per heavy atom. The van der Waals surface area contributed by atoms with Crippen molar-refractivity contribution < 1.29 is 19.7 Å². The summed E-state index contributed by atoms with van der Waals surface area (Å²) in [5.41, 5.74) is 0.466. The van der Waals surface area contributed by atoms with Gasteiger partial charge in [0.25, 0.3) is 0 Å². The van der Waals surface area contributed by atoms with Crippen LogP contribution in [0.25, 0.3) is 0 Å². The molecule has 0 fully saturated rings. The summed E-state index contributed by atoms with van der Waals surface area (Å²) < 4.78 is 10.6. The summed E-state index contributed by atoms with van der Waals surface area (Å²) in [6.07, 6.45) is -1.79. The lowest BCUT2D eigenvalue weighted by molar-refractivity contribution is 0.242. The standard InChI is InChI=1S/C13H14O4S3/c1-7(14)11(18)16-10-6-4-3-5-9(10)13(20)17-12(19)8(2)15/h3-8,14-15H,1-2H3. The number of hydrogen-bond acceptors (Lipinski definition) is 7. The highest BCUT2D eigenvalue weighted by Gasteiger charge is 2.16. The van der Waals surface area contributed by atoms with E-state index in [1.807, 2.05) is 0 Å². The third-order valence-electron chi connectivity index (χ3n) is 2.19. The van der Waals surface area contributed by atoms with Crippen LogP contribution in [0.5, 0.6) is 5.75 Å². The molecule has 1 aromatic rings. The van der Waals surface area contributed by atoms with Crippen LogP contribution in [-0.4, -0.2) is 37.6 Å². The molecule has 0 radical (unpaired) electrons. The van der Waals surface area contributed by atoms with Gasteiger partial charge in [-0.3, -0.25) is 0 Å². The second-order valence-corrected chi connectivity index (χ2v) is 5.15. The molecule has 2 unspecified atom stereocenters. The van der Waals surface area contributed by atoms with E-state index in [2.05, 4.69) is 0 Å². The predicted octanol–water partition coefficient (Wildman–Crippen LogP) is 2.17. The van der Waals surface area contributed by atoms with Crippen molar-refractivity contribution in [2.45, 2.75) is 26.1 Å². The molecule has 0 bridgehead atoms. The molecule has 0 aliphatic heterocycles. The zero-order valence-electron chi connectivity index (χ0n) is 10.9. The van der Waals surface area contributed by atoms with Crippen LogP contribution in [0, 0.1) is 0 Å². The maximum absolute atomic E-state index is 9.35. The van der Waals surface area contributed by atoms with E-state index < -0.39 is 12.2 Å². The Bertz CT molecular complexity index is 526. The van der Waals surface area contributed by atoms with Gasteiger partial charge in [-0.2, -0.15) is 0 Å². The summed E-state index contributed by atoms with van der Waals surface area (Å²) in [6.45, 7) is 2.98. The molecule has 0 aromatic heterocycles. The average molecular weight is 330 g/mol. The SMILES string of the molecule is CC(O)C(=S)OC(=S)c1ccccc1OC(=S)C(C)O. The molecule has 1 rings (SSSR count). The minimum Gasteiger partial charge on any atom is -0.447 e. The number of aliphatic hydroxyl groups is 2. The largest absolute Gasteiger partial charge is 0.447 e. The van der Waals surface area contributed by atoms with E-state index in [0.717, 1.165) is 0 Å². The number of aliphatic hydroxyl groups excluding tert-OH is 2. The molecule has 2 atom stereocenters. The highest BCUT2D eigenvalue weighted by atomic mass is 32.1. The monoisotopic (exact) mass is 330 g/mol. The van der Waals surface area contributed by atoms with Crippen LogP contribution in [0.1, 0.15) is 19.4 Å². The highest BCUT2D eigenvalue weighted by molar-refractivity contribution is 7.81. The molecule has 0 aliphatic carbocycles. The van der Waals surface area contributed by atoms with Gasteiger partial charge in [0.15, 0.2) is 10.1 Å². The van der Waals surface area contributed by atoms with Gasteiger partial charge >= 0.3 is 0 Å². The Kier molecular flexibility index (Phi) is 6.57. The molecule has 0 aliphatic rings. The first-order valence-corrected chi connectivity index (χ1v) is 6.98.